The number of aromatic nitrogens is 2. The number of nitrogens with one attached hydrogen (secondary N) is 1. The summed E-state index contributed by atoms with van der Waals surface area (Å²) >= 11 is 4.64. The van der Waals surface area contributed by atoms with Crippen molar-refractivity contribution in [1.29, 1.82) is 0 Å². The lowest BCUT2D eigenvalue weighted by Gasteiger charge is -2.44. The zero-order valence-corrected chi connectivity index (χ0v) is 20.8. The SMILES string of the molecule is CC(C)[C@H]1CN(c2ccncc2NC(=O)c2csc(Br)n2)CCN1C(=O)OC(C)(C)C. The molecule has 1 fully saturated rings. The fourth-order valence-corrected chi connectivity index (χ4v) is 4.44. The van der Waals surface area contributed by atoms with E-state index in [1.807, 2.05) is 31.7 Å². The van der Waals surface area contributed by atoms with Gasteiger partial charge in [-0.15, -0.1) is 11.3 Å². The first kappa shape index (κ1) is 23.5. The van der Waals surface area contributed by atoms with Crippen LogP contribution in [0.2, 0.25) is 0 Å². The third-order valence-corrected chi connectivity index (χ3v) is 6.28. The lowest BCUT2D eigenvalue weighted by molar-refractivity contribution is 0.00884. The Morgan fingerprint density at radius 2 is 2.06 bits per heavy atom. The summed E-state index contributed by atoms with van der Waals surface area (Å²) in [5.41, 5.74) is 1.29. The molecule has 0 radical (unpaired) electrons. The van der Waals surface area contributed by atoms with Crippen molar-refractivity contribution in [1.82, 2.24) is 14.9 Å². The number of amides is 2. The van der Waals surface area contributed by atoms with Gasteiger partial charge < -0.3 is 19.9 Å². The van der Waals surface area contributed by atoms with E-state index >= 15 is 0 Å². The minimum absolute atomic E-state index is 0.0187. The zero-order valence-electron chi connectivity index (χ0n) is 18.4. The van der Waals surface area contributed by atoms with E-state index in [9.17, 15) is 9.59 Å². The average molecular weight is 510 g/mol. The van der Waals surface area contributed by atoms with E-state index in [2.05, 4.69) is 50.0 Å². The summed E-state index contributed by atoms with van der Waals surface area (Å²) < 4.78 is 6.27. The number of hydrogen-bond donors (Lipinski definition) is 1. The smallest absolute Gasteiger partial charge is 0.410 e. The summed E-state index contributed by atoms with van der Waals surface area (Å²) in [6, 6.07) is 1.86. The van der Waals surface area contributed by atoms with Gasteiger partial charge in [-0.25, -0.2) is 9.78 Å². The minimum Gasteiger partial charge on any atom is -0.444 e. The Morgan fingerprint density at radius 3 is 2.68 bits per heavy atom. The van der Waals surface area contributed by atoms with E-state index < -0.39 is 5.60 Å². The Balaban J connectivity index is 1.78. The van der Waals surface area contributed by atoms with Gasteiger partial charge in [-0.05, 0) is 48.7 Å². The van der Waals surface area contributed by atoms with E-state index in [1.54, 1.807) is 17.8 Å². The molecule has 1 aliphatic rings. The maximum atomic E-state index is 12.8. The third kappa shape index (κ3) is 5.94. The summed E-state index contributed by atoms with van der Waals surface area (Å²) in [7, 11) is 0. The predicted molar refractivity (Wildman–Crippen MR) is 126 cm³/mol. The van der Waals surface area contributed by atoms with Crippen LogP contribution in [-0.2, 0) is 4.74 Å². The molecule has 0 aromatic carbocycles. The van der Waals surface area contributed by atoms with Gasteiger partial charge in [-0.2, -0.15) is 0 Å². The Labute approximate surface area is 195 Å². The highest BCUT2D eigenvalue weighted by Crippen LogP contribution is 2.30. The first-order valence-corrected chi connectivity index (χ1v) is 11.8. The van der Waals surface area contributed by atoms with Crippen molar-refractivity contribution in [2.24, 2.45) is 5.92 Å². The third-order valence-electron chi connectivity index (χ3n) is 4.91. The molecule has 0 saturated carbocycles. The normalized spacial score (nSPS) is 17.1. The molecule has 1 aliphatic heterocycles. The topological polar surface area (TPSA) is 87.7 Å². The number of piperazine rings is 1. The summed E-state index contributed by atoms with van der Waals surface area (Å²) in [4.78, 5) is 37.7. The minimum atomic E-state index is -0.539. The molecule has 31 heavy (non-hydrogen) atoms. The van der Waals surface area contributed by atoms with Gasteiger partial charge in [-0.1, -0.05) is 13.8 Å². The van der Waals surface area contributed by atoms with Crippen molar-refractivity contribution in [3.05, 3.63) is 33.5 Å². The highest BCUT2D eigenvalue weighted by molar-refractivity contribution is 9.11. The van der Waals surface area contributed by atoms with Crippen molar-refractivity contribution >= 4 is 50.6 Å². The fraction of sp³-hybridized carbons (Fsp3) is 0.524. The Morgan fingerprint density at radius 1 is 1.32 bits per heavy atom. The van der Waals surface area contributed by atoms with E-state index in [1.165, 1.54) is 11.3 Å². The van der Waals surface area contributed by atoms with E-state index in [0.717, 1.165) is 5.69 Å². The van der Waals surface area contributed by atoms with Crippen molar-refractivity contribution < 1.29 is 14.3 Å². The molecule has 168 valence electrons. The highest BCUT2D eigenvalue weighted by Gasteiger charge is 2.35. The number of hydrogen-bond acceptors (Lipinski definition) is 7. The van der Waals surface area contributed by atoms with Gasteiger partial charge >= 0.3 is 6.09 Å². The van der Waals surface area contributed by atoms with Gasteiger partial charge in [0.1, 0.15) is 11.3 Å². The van der Waals surface area contributed by atoms with Crippen molar-refractivity contribution in [3.8, 4) is 0 Å². The number of thiazole rings is 1. The van der Waals surface area contributed by atoms with Gasteiger partial charge in [-0.3, -0.25) is 9.78 Å². The standard InChI is InChI=1S/C21H28BrN5O3S/c1-13(2)17-11-26(8-9-27(17)20(29)30-21(3,4)5)16-6-7-23-10-14(16)24-18(28)15-12-31-19(22)25-15/h6-7,10,12-13,17H,8-9,11H2,1-5H3,(H,24,28)/t17-/m1/s1. The molecule has 2 aromatic rings. The monoisotopic (exact) mass is 509 g/mol. The second kappa shape index (κ2) is 9.52. The second-order valence-corrected chi connectivity index (χ2v) is 10.9. The van der Waals surface area contributed by atoms with Gasteiger partial charge in [0.05, 0.1) is 23.6 Å². The number of anilines is 2. The molecule has 3 rings (SSSR count). The number of nitrogens with zero attached hydrogens (tertiary/aromatic N) is 4. The summed E-state index contributed by atoms with van der Waals surface area (Å²) in [6.45, 7) is 11.6. The van der Waals surface area contributed by atoms with Gasteiger partial charge in [0.25, 0.3) is 5.91 Å². The molecule has 2 aromatic heterocycles. The number of halogens is 1. The van der Waals surface area contributed by atoms with Crippen LogP contribution in [0.1, 0.15) is 45.1 Å². The number of carbonyl (C=O) groups excluding carboxylic acids is 2. The number of pyridine rings is 1. The van der Waals surface area contributed by atoms with Crippen LogP contribution in [0.3, 0.4) is 0 Å². The molecule has 0 unspecified atom stereocenters. The van der Waals surface area contributed by atoms with E-state index in [0.29, 0.717) is 34.9 Å². The molecule has 0 aliphatic carbocycles. The van der Waals surface area contributed by atoms with E-state index in [4.69, 9.17) is 4.74 Å². The van der Waals surface area contributed by atoms with Crippen LogP contribution in [0.4, 0.5) is 16.2 Å². The summed E-state index contributed by atoms with van der Waals surface area (Å²) in [6.07, 6.45) is 3.05. The molecular weight excluding hydrogens is 482 g/mol. The van der Waals surface area contributed by atoms with Crippen molar-refractivity contribution in [2.75, 3.05) is 29.9 Å². The largest absolute Gasteiger partial charge is 0.444 e. The first-order valence-electron chi connectivity index (χ1n) is 10.2. The molecule has 2 amide bonds. The lowest BCUT2D eigenvalue weighted by atomic mass is 9.99. The predicted octanol–water partition coefficient (Wildman–Crippen LogP) is 4.63. The van der Waals surface area contributed by atoms with Crippen molar-refractivity contribution in [3.63, 3.8) is 0 Å². The second-order valence-electron chi connectivity index (χ2n) is 8.76. The van der Waals surface area contributed by atoms with E-state index in [-0.39, 0.29) is 24.0 Å². The number of carbonyl (C=O) groups is 2. The molecule has 0 spiro atoms. The molecule has 3 heterocycles. The van der Waals surface area contributed by atoms with Crippen LogP contribution in [0.25, 0.3) is 0 Å². The zero-order chi connectivity index (χ0) is 22.8. The van der Waals surface area contributed by atoms with Crippen molar-refractivity contribution in [2.45, 2.75) is 46.3 Å². The summed E-state index contributed by atoms with van der Waals surface area (Å²) in [5, 5.41) is 4.62. The first-order chi connectivity index (χ1) is 14.5. The molecule has 0 bridgehead atoms. The van der Waals surface area contributed by atoms with Crippen LogP contribution < -0.4 is 10.2 Å². The van der Waals surface area contributed by atoms with Gasteiger partial charge in [0.2, 0.25) is 0 Å². The van der Waals surface area contributed by atoms with Crippen LogP contribution in [-0.4, -0.2) is 58.1 Å². The molecule has 1 atom stereocenters. The molecular formula is C21H28BrN5O3S. The van der Waals surface area contributed by atoms with Gasteiger partial charge in [0.15, 0.2) is 3.92 Å². The lowest BCUT2D eigenvalue weighted by Crippen LogP contribution is -2.58. The quantitative estimate of drug-likeness (QED) is 0.645. The Bertz CT molecular complexity index is 943. The number of ether oxygens (including phenoxy) is 1. The molecule has 8 nitrogen and oxygen atoms in total. The highest BCUT2D eigenvalue weighted by atomic mass is 79.9. The van der Waals surface area contributed by atoms with Gasteiger partial charge in [0, 0.05) is 31.2 Å². The summed E-state index contributed by atoms with van der Waals surface area (Å²) in [5.74, 6) is -0.0495. The van der Waals surface area contributed by atoms with Crippen LogP contribution in [0, 0.1) is 5.92 Å². The number of rotatable bonds is 4. The average Bonchev–Trinajstić information content (AvgIpc) is 3.13. The maximum absolute atomic E-state index is 12.8. The molecule has 1 N–H and O–H groups in total. The Hall–Kier alpha value is -2.20. The fourth-order valence-electron chi connectivity index (χ4n) is 3.45. The Kier molecular flexibility index (Phi) is 7.20. The maximum Gasteiger partial charge on any atom is 0.410 e. The molecule has 1 saturated heterocycles. The van der Waals surface area contributed by atoms with Crippen LogP contribution in [0.5, 0.6) is 0 Å². The van der Waals surface area contributed by atoms with Crippen LogP contribution in [0.15, 0.2) is 27.8 Å². The molecule has 10 heteroatoms. The van der Waals surface area contributed by atoms with Crippen LogP contribution >= 0.6 is 27.3 Å².